The minimum absolute atomic E-state index is 0.115. The summed E-state index contributed by atoms with van der Waals surface area (Å²) in [7, 11) is 1.58. The maximum absolute atomic E-state index is 11.9. The number of halogens is 1. The molecule has 23 heavy (non-hydrogen) atoms. The monoisotopic (exact) mass is 339 g/mol. The first-order chi connectivity index (χ1) is 11.1. The van der Waals surface area contributed by atoms with Crippen molar-refractivity contribution in [2.24, 2.45) is 0 Å². The molecule has 1 heterocycles. The van der Waals surface area contributed by atoms with Crippen LogP contribution in [-0.4, -0.2) is 38.2 Å². The quantitative estimate of drug-likeness (QED) is 0.766. The third kappa shape index (κ3) is 5.32. The molecule has 0 unspecified atom stereocenters. The molecule has 2 rings (SSSR count). The molecule has 1 aromatic rings. The first-order valence-corrected chi connectivity index (χ1v) is 8.12. The zero-order chi connectivity index (χ0) is 16.7. The lowest BCUT2D eigenvalue weighted by molar-refractivity contribution is -0.122. The van der Waals surface area contributed by atoms with Crippen molar-refractivity contribution in [2.45, 2.75) is 31.7 Å². The van der Waals surface area contributed by atoms with Gasteiger partial charge in [-0.1, -0.05) is 17.7 Å². The molecule has 0 bridgehead atoms. The van der Waals surface area contributed by atoms with Crippen LogP contribution in [0.15, 0.2) is 18.2 Å². The summed E-state index contributed by atoms with van der Waals surface area (Å²) >= 11 is 6.16. The van der Waals surface area contributed by atoms with E-state index < -0.39 is 6.04 Å². The summed E-state index contributed by atoms with van der Waals surface area (Å²) < 4.78 is 5.10. The van der Waals surface area contributed by atoms with Gasteiger partial charge in [0.2, 0.25) is 5.91 Å². The summed E-state index contributed by atoms with van der Waals surface area (Å²) in [6.07, 6.45) is 3.14. The lowest BCUT2D eigenvalue weighted by atomic mass is 10.1. The van der Waals surface area contributed by atoms with Gasteiger partial charge in [0.15, 0.2) is 0 Å². The molecule has 7 heteroatoms. The molecule has 1 aliphatic rings. The van der Waals surface area contributed by atoms with Gasteiger partial charge in [-0.25, -0.2) is 4.79 Å². The standard InChI is InChI=1S/C16H22ClN3O3/c1-23-12-6-5-11(13(17)10-12)7-9-19-16(22)20-14-4-2-3-8-18-15(14)21/h5-6,10,14H,2-4,7-9H2,1H3,(H,18,21)(H2,19,20,22)/t14-/m0/s1. The van der Waals surface area contributed by atoms with E-state index in [1.165, 1.54) is 0 Å². The van der Waals surface area contributed by atoms with Crippen LogP contribution in [0, 0.1) is 0 Å². The number of rotatable bonds is 5. The van der Waals surface area contributed by atoms with Gasteiger partial charge < -0.3 is 20.7 Å². The fraction of sp³-hybridized carbons (Fsp3) is 0.500. The van der Waals surface area contributed by atoms with Gasteiger partial charge in [0, 0.05) is 18.1 Å². The average Bonchev–Trinajstić information content (AvgIpc) is 2.74. The Hall–Kier alpha value is -1.95. The molecule has 3 N–H and O–H groups in total. The lowest BCUT2D eigenvalue weighted by Crippen LogP contribution is -2.49. The number of amides is 3. The van der Waals surface area contributed by atoms with Crippen LogP contribution >= 0.6 is 11.6 Å². The number of methoxy groups -OCH3 is 1. The van der Waals surface area contributed by atoms with Crippen molar-refractivity contribution in [3.05, 3.63) is 28.8 Å². The number of carbonyl (C=O) groups is 2. The smallest absolute Gasteiger partial charge is 0.315 e. The number of nitrogens with one attached hydrogen (secondary N) is 3. The van der Waals surface area contributed by atoms with Crippen LogP contribution in [0.3, 0.4) is 0 Å². The van der Waals surface area contributed by atoms with E-state index in [0.717, 1.165) is 18.4 Å². The van der Waals surface area contributed by atoms with E-state index >= 15 is 0 Å². The second-order valence-corrected chi connectivity index (χ2v) is 5.85. The van der Waals surface area contributed by atoms with Gasteiger partial charge in [-0.3, -0.25) is 4.79 Å². The van der Waals surface area contributed by atoms with Crippen molar-refractivity contribution in [1.29, 1.82) is 0 Å². The number of hydrogen-bond acceptors (Lipinski definition) is 3. The van der Waals surface area contributed by atoms with Crippen molar-refractivity contribution in [1.82, 2.24) is 16.0 Å². The lowest BCUT2D eigenvalue weighted by Gasteiger charge is -2.16. The summed E-state index contributed by atoms with van der Waals surface area (Å²) in [6, 6.07) is 4.66. The molecular weight excluding hydrogens is 318 g/mol. The van der Waals surface area contributed by atoms with Crippen molar-refractivity contribution in [3.63, 3.8) is 0 Å². The van der Waals surface area contributed by atoms with E-state index in [1.807, 2.05) is 12.1 Å². The molecule has 0 saturated carbocycles. The van der Waals surface area contributed by atoms with E-state index in [1.54, 1.807) is 13.2 Å². The number of benzene rings is 1. The minimum Gasteiger partial charge on any atom is -0.497 e. The van der Waals surface area contributed by atoms with Gasteiger partial charge in [-0.05, 0) is 43.4 Å². The van der Waals surface area contributed by atoms with Crippen LogP contribution < -0.4 is 20.7 Å². The summed E-state index contributed by atoms with van der Waals surface area (Å²) in [5.41, 5.74) is 0.931. The fourth-order valence-corrected chi connectivity index (χ4v) is 2.72. The highest BCUT2D eigenvalue weighted by atomic mass is 35.5. The van der Waals surface area contributed by atoms with Gasteiger partial charge in [-0.15, -0.1) is 0 Å². The Morgan fingerprint density at radius 2 is 2.26 bits per heavy atom. The van der Waals surface area contributed by atoms with Gasteiger partial charge in [-0.2, -0.15) is 0 Å². The zero-order valence-corrected chi connectivity index (χ0v) is 13.9. The normalized spacial score (nSPS) is 17.8. The predicted molar refractivity (Wildman–Crippen MR) is 88.9 cm³/mol. The molecule has 1 aliphatic heterocycles. The van der Waals surface area contributed by atoms with Crippen LogP contribution in [-0.2, 0) is 11.2 Å². The number of carbonyl (C=O) groups excluding carboxylic acids is 2. The second kappa shape index (κ2) is 8.62. The molecule has 1 atom stereocenters. The third-order valence-corrected chi connectivity index (χ3v) is 4.13. The highest BCUT2D eigenvalue weighted by Gasteiger charge is 2.21. The Balaban J connectivity index is 1.77. The fourth-order valence-electron chi connectivity index (χ4n) is 2.45. The topological polar surface area (TPSA) is 79.5 Å². The Morgan fingerprint density at radius 1 is 1.43 bits per heavy atom. The maximum Gasteiger partial charge on any atom is 0.315 e. The Morgan fingerprint density at radius 3 is 3.00 bits per heavy atom. The number of hydrogen-bond donors (Lipinski definition) is 3. The zero-order valence-electron chi connectivity index (χ0n) is 13.2. The second-order valence-electron chi connectivity index (χ2n) is 5.45. The molecule has 6 nitrogen and oxygen atoms in total. The molecule has 126 valence electrons. The highest BCUT2D eigenvalue weighted by molar-refractivity contribution is 6.31. The van der Waals surface area contributed by atoms with E-state index in [0.29, 0.717) is 36.7 Å². The first kappa shape index (κ1) is 17.4. The molecule has 0 aromatic heterocycles. The average molecular weight is 340 g/mol. The third-order valence-electron chi connectivity index (χ3n) is 3.78. The van der Waals surface area contributed by atoms with Crippen molar-refractivity contribution in [2.75, 3.05) is 20.2 Å². The van der Waals surface area contributed by atoms with Gasteiger partial charge in [0.25, 0.3) is 0 Å². The number of ether oxygens (including phenoxy) is 1. The molecular formula is C16H22ClN3O3. The predicted octanol–water partition coefficient (Wildman–Crippen LogP) is 1.86. The van der Waals surface area contributed by atoms with E-state index in [9.17, 15) is 9.59 Å². The van der Waals surface area contributed by atoms with Crippen LogP contribution in [0.2, 0.25) is 5.02 Å². The first-order valence-electron chi connectivity index (χ1n) is 7.74. The number of urea groups is 1. The molecule has 0 aliphatic carbocycles. The Labute approximate surface area is 140 Å². The van der Waals surface area contributed by atoms with E-state index in [-0.39, 0.29) is 11.9 Å². The van der Waals surface area contributed by atoms with Crippen molar-refractivity contribution in [3.8, 4) is 5.75 Å². The van der Waals surface area contributed by atoms with Crippen LogP contribution in [0.1, 0.15) is 24.8 Å². The largest absolute Gasteiger partial charge is 0.497 e. The summed E-state index contributed by atoms with van der Waals surface area (Å²) in [5, 5.41) is 8.86. The molecule has 3 amide bonds. The van der Waals surface area contributed by atoms with Gasteiger partial charge in [0.05, 0.1) is 7.11 Å². The molecule has 0 radical (unpaired) electrons. The van der Waals surface area contributed by atoms with E-state index in [4.69, 9.17) is 16.3 Å². The van der Waals surface area contributed by atoms with Crippen molar-refractivity contribution < 1.29 is 14.3 Å². The van der Waals surface area contributed by atoms with Crippen molar-refractivity contribution >= 4 is 23.5 Å². The maximum atomic E-state index is 11.9. The van der Waals surface area contributed by atoms with Gasteiger partial charge >= 0.3 is 6.03 Å². The van der Waals surface area contributed by atoms with Crippen LogP contribution in [0.4, 0.5) is 4.79 Å². The Kier molecular flexibility index (Phi) is 6.52. The SMILES string of the molecule is COc1ccc(CCNC(=O)N[C@H]2CCCCNC2=O)c(Cl)c1. The molecule has 0 spiro atoms. The molecule has 1 fully saturated rings. The van der Waals surface area contributed by atoms with Gasteiger partial charge in [0.1, 0.15) is 11.8 Å². The Bertz CT molecular complexity index is 566. The van der Waals surface area contributed by atoms with Crippen LogP contribution in [0.25, 0.3) is 0 Å². The summed E-state index contributed by atoms with van der Waals surface area (Å²) in [6.45, 7) is 1.11. The van der Waals surface area contributed by atoms with E-state index in [2.05, 4.69) is 16.0 Å². The van der Waals surface area contributed by atoms with Crippen LogP contribution in [0.5, 0.6) is 5.75 Å². The minimum atomic E-state index is -0.456. The molecule has 1 saturated heterocycles. The summed E-state index contributed by atoms with van der Waals surface area (Å²) in [5.74, 6) is 0.583. The molecule has 1 aromatic carbocycles. The highest BCUT2D eigenvalue weighted by Crippen LogP contribution is 2.22. The summed E-state index contributed by atoms with van der Waals surface area (Å²) in [4.78, 5) is 23.7.